The Morgan fingerprint density at radius 2 is 2.00 bits per heavy atom. The maximum Gasteiger partial charge on any atom is 0.138 e. The summed E-state index contributed by atoms with van der Waals surface area (Å²) in [5.74, 6) is 2.18. The summed E-state index contributed by atoms with van der Waals surface area (Å²) >= 11 is 7.61. The number of aryl methyl sites for hydroxylation is 1. The molecule has 0 radical (unpaired) electrons. The molecular formula is C11H17ClN2S. The summed E-state index contributed by atoms with van der Waals surface area (Å²) in [4.78, 5) is 8.79. The average molecular weight is 245 g/mol. The van der Waals surface area contributed by atoms with Crippen LogP contribution in [0.4, 0.5) is 0 Å². The highest BCUT2D eigenvalue weighted by atomic mass is 35.5. The van der Waals surface area contributed by atoms with E-state index in [1.54, 1.807) is 0 Å². The van der Waals surface area contributed by atoms with Crippen LogP contribution in [0.15, 0.2) is 6.07 Å². The van der Waals surface area contributed by atoms with Gasteiger partial charge in [0.05, 0.1) is 17.3 Å². The van der Waals surface area contributed by atoms with Gasteiger partial charge in [-0.2, -0.15) is 0 Å². The van der Waals surface area contributed by atoms with E-state index in [4.69, 9.17) is 11.6 Å². The van der Waals surface area contributed by atoms with Gasteiger partial charge in [-0.15, -0.1) is 23.4 Å². The van der Waals surface area contributed by atoms with E-state index in [2.05, 4.69) is 30.7 Å². The zero-order valence-corrected chi connectivity index (χ0v) is 11.2. The highest BCUT2D eigenvalue weighted by molar-refractivity contribution is 7.99. The van der Waals surface area contributed by atoms with Gasteiger partial charge in [0.15, 0.2) is 0 Å². The fourth-order valence-corrected chi connectivity index (χ4v) is 1.94. The molecule has 0 atom stereocenters. The minimum absolute atomic E-state index is 0.244. The molecule has 0 bridgehead atoms. The van der Waals surface area contributed by atoms with Crippen molar-refractivity contribution in [2.45, 2.75) is 44.1 Å². The molecule has 1 aromatic rings. The summed E-state index contributed by atoms with van der Waals surface area (Å²) < 4.78 is 0.244. The lowest BCUT2D eigenvalue weighted by atomic mass is 10.3. The van der Waals surface area contributed by atoms with Gasteiger partial charge in [0.25, 0.3) is 0 Å². The zero-order valence-electron chi connectivity index (χ0n) is 9.67. The van der Waals surface area contributed by atoms with Gasteiger partial charge in [-0.3, -0.25) is 0 Å². The van der Waals surface area contributed by atoms with Gasteiger partial charge in [-0.1, -0.05) is 20.8 Å². The Labute approximate surface area is 101 Å². The average Bonchev–Trinajstić information content (AvgIpc) is 2.13. The van der Waals surface area contributed by atoms with Crippen molar-refractivity contribution in [1.82, 2.24) is 9.97 Å². The van der Waals surface area contributed by atoms with Crippen molar-refractivity contribution in [3.63, 3.8) is 0 Å². The molecule has 84 valence electrons. The van der Waals surface area contributed by atoms with Gasteiger partial charge in [0.2, 0.25) is 0 Å². The normalized spacial score (nSPS) is 11.8. The first kappa shape index (κ1) is 12.8. The van der Waals surface area contributed by atoms with Gasteiger partial charge in [-0.05, 0) is 13.0 Å². The first-order valence-corrected chi connectivity index (χ1v) is 6.46. The molecule has 0 aliphatic rings. The number of thioether (sulfide) groups is 1. The van der Waals surface area contributed by atoms with Crippen LogP contribution in [0.5, 0.6) is 0 Å². The van der Waals surface area contributed by atoms with E-state index in [0.717, 1.165) is 23.0 Å². The molecule has 1 rings (SSSR count). The Balaban J connectivity index is 2.73. The Morgan fingerprint density at radius 3 is 2.53 bits per heavy atom. The molecule has 0 aliphatic carbocycles. The topological polar surface area (TPSA) is 25.8 Å². The fourth-order valence-electron chi connectivity index (χ4n) is 1.11. The van der Waals surface area contributed by atoms with Crippen LogP contribution < -0.4 is 0 Å². The lowest BCUT2D eigenvalue weighted by molar-refractivity contribution is 0.799. The molecule has 0 amide bonds. The number of nitrogens with zero attached hydrogens (tertiary/aromatic N) is 2. The highest BCUT2D eigenvalue weighted by Gasteiger charge is 2.12. The van der Waals surface area contributed by atoms with Crippen LogP contribution in [0.25, 0.3) is 0 Å². The lowest BCUT2D eigenvalue weighted by Gasteiger charge is -2.16. The second-order valence-electron chi connectivity index (χ2n) is 4.45. The summed E-state index contributed by atoms with van der Waals surface area (Å²) in [5.41, 5.74) is 1.90. The highest BCUT2D eigenvalue weighted by Crippen LogP contribution is 2.26. The van der Waals surface area contributed by atoms with Crippen LogP contribution in [-0.2, 0) is 11.6 Å². The van der Waals surface area contributed by atoms with Crippen LogP contribution in [0.2, 0.25) is 0 Å². The molecule has 0 unspecified atom stereocenters. The smallest absolute Gasteiger partial charge is 0.138 e. The molecule has 15 heavy (non-hydrogen) atoms. The van der Waals surface area contributed by atoms with E-state index in [1.165, 1.54) is 0 Å². The third-order valence-corrected chi connectivity index (χ3v) is 3.27. The Bertz CT molecular complexity index is 334. The maximum absolute atomic E-state index is 5.76. The van der Waals surface area contributed by atoms with Crippen LogP contribution in [0.1, 0.15) is 38.0 Å². The Kier molecular flexibility index (Phi) is 4.41. The van der Waals surface area contributed by atoms with Gasteiger partial charge in [-0.25, -0.2) is 9.97 Å². The molecule has 0 N–H and O–H groups in total. The summed E-state index contributed by atoms with van der Waals surface area (Å²) in [6, 6.07) is 1.93. The SMILES string of the molecule is Cc1cc(CCl)nc(CSC(C)(C)C)n1. The minimum atomic E-state index is 0.244. The lowest BCUT2D eigenvalue weighted by Crippen LogP contribution is -2.09. The summed E-state index contributed by atoms with van der Waals surface area (Å²) in [6.45, 7) is 8.55. The van der Waals surface area contributed by atoms with Gasteiger partial charge < -0.3 is 0 Å². The zero-order chi connectivity index (χ0) is 11.5. The first-order valence-electron chi connectivity index (χ1n) is 4.94. The first-order chi connectivity index (χ1) is 6.90. The number of alkyl halides is 1. The van der Waals surface area contributed by atoms with E-state index in [-0.39, 0.29) is 4.75 Å². The van der Waals surface area contributed by atoms with E-state index < -0.39 is 0 Å². The summed E-state index contributed by atoms with van der Waals surface area (Å²) in [6.07, 6.45) is 0. The molecule has 4 heteroatoms. The molecule has 1 heterocycles. The monoisotopic (exact) mass is 244 g/mol. The third-order valence-electron chi connectivity index (χ3n) is 1.72. The predicted octanol–water partition coefficient (Wildman–Crippen LogP) is 3.56. The maximum atomic E-state index is 5.76. The van der Waals surface area contributed by atoms with Crippen molar-refractivity contribution in [1.29, 1.82) is 0 Å². The standard InChI is InChI=1S/C11H17ClN2S/c1-8-5-9(6-12)14-10(13-8)7-15-11(2,3)4/h5H,6-7H2,1-4H3. The van der Waals surface area contributed by atoms with E-state index in [1.807, 2.05) is 24.8 Å². The predicted molar refractivity (Wildman–Crippen MR) is 67.4 cm³/mol. The van der Waals surface area contributed by atoms with Crippen molar-refractivity contribution in [2.24, 2.45) is 0 Å². The second-order valence-corrected chi connectivity index (χ2v) is 6.52. The largest absolute Gasteiger partial charge is 0.237 e. The second kappa shape index (κ2) is 5.17. The Hall–Kier alpha value is -0.280. The number of hydrogen-bond acceptors (Lipinski definition) is 3. The van der Waals surface area contributed by atoms with Crippen molar-refractivity contribution in [3.05, 3.63) is 23.3 Å². The summed E-state index contributed by atoms with van der Waals surface area (Å²) in [5, 5.41) is 0. The van der Waals surface area contributed by atoms with E-state index in [0.29, 0.717) is 5.88 Å². The van der Waals surface area contributed by atoms with E-state index in [9.17, 15) is 0 Å². The molecule has 0 aromatic carbocycles. The molecule has 0 aliphatic heterocycles. The molecule has 2 nitrogen and oxygen atoms in total. The molecule has 1 aromatic heterocycles. The van der Waals surface area contributed by atoms with Crippen molar-refractivity contribution in [2.75, 3.05) is 0 Å². The molecule has 0 saturated heterocycles. The molecular weight excluding hydrogens is 228 g/mol. The van der Waals surface area contributed by atoms with Crippen LogP contribution >= 0.6 is 23.4 Å². The number of halogens is 1. The fraction of sp³-hybridized carbons (Fsp3) is 0.636. The van der Waals surface area contributed by atoms with Crippen LogP contribution in [0.3, 0.4) is 0 Å². The van der Waals surface area contributed by atoms with Crippen LogP contribution in [0, 0.1) is 6.92 Å². The number of rotatable bonds is 3. The minimum Gasteiger partial charge on any atom is -0.237 e. The Morgan fingerprint density at radius 1 is 1.33 bits per heavy atom. The van der Waals surface area contributed by atoms with E-state index >= 15 is 0 Å². The molecule has 0 fully saturated rings. The quantitative estimate of drug-likeness (QED) is 0.761. The van der Waals surface area contributed by atoms with Crippen molar-refractivity contribution in [3.8, 4) is 0 Å². The van der Waals surface area contributed by atoms with Crippen molar-refractivity contribution >= 4 is 23.4 Å². The van der Waals surface area contributed by atoms with Gasteiger partial charge in [0, 0.05) is 10.4 Å². The van der Waals surface area contributed by atoms with Crippen molar-refractivity contribution < 1.29 is 0 Å². The third kappa shape index (κ3) is 4.85. The van der Waals surface area contributed by atoms with Gasteiger partial charge in [0.1, 0.15) is 5.82 Å². The van der Waals surface area contributed by atoms with Gasteiger partial charge >= 0.3 is 0 Å². The molecule has 0 spiro atoms. The number of hydrogen-bond donors (Lipinski definition) is 0. The van der Waals surface area contributed by atoms with Crippen LogP contribution in [-0.4, -0.2) is 14.7 Å². The summed E-state index contributed by atoms with van der Waals surface area (Å²) in [7, 11) is 0. The number of aromatic nitrogens is 2. The molecule has 0 saturated carbocycles.